The van der Waals surface area contributed by atoms with E-state index in [0.29, 0.717) is 12.1 Å². The van der Waals surface area contributed by atoms with Crippen molar-refractivity contribution in [2.24, 2.45) is 10.3 Å². The van der Waals surface area contributed by atoms with Gasteiger partial charge in [0.2, 0.25) is 5.91 Å². The monoisotopic (exact) mass is 438 g/mol. The van der Waals surface area contributed by atoms with Crippen molar-refractivity contribution in [3.8, 4) is 0 Å². The van der Waals surface area contributed by atoms with Gasteiger partial charge >= 0.3 is 0 Å². The van der Waals surface area contributed by atoms with Crippen molar-refractivity contribution in [1.82, 2.24) is 9.73 Å². The molecule has 0 saturated carbocycles. The molecular formula is C22H38N4O3S. The lowest BCUT2D eigenvalue weighted by Gasteiger charge is -2.11. The zero-order valence-corrected chi connectivity index (χ0v) is 19.6. The van der Waals surface area contributed by atoms with Gasteiger partial charge in [-0.3, -0.25) is 9.80 Å². The molecule has 0 aliphatic rings. The zero-order chi connectivity index (χ0) is 22.2. The summed E-state index contributed by atoms with van der Waals surface area (Å²) in [5.74, 6) is -0.455. The Hall–Kier alpha value is -1.96. The van der Waals surface area contributed by atoms with Crippen molar-refractivity contribution in [2.45, 2.75) is 89.9 Å². The molecule has 0 aliphatic carbocycles. The van der Waals surface area contributed by atoms with Crippen LogP contribution in [0.5, 0.6) is 0 Å². The van der Waals surface area contributed by atoms with Gasteiger partial charge in [-0.1, -0.05) is 63.5 Å². The van der Waals surface area contributed by atoms with Gasteiger partial charge in [0.15, 0.2) is 0 Å². The number of hydrogen-bond acceptors (Lipinski definition) is 5. The second-order valence-corrected chi connectivity index (χ2v) is 9.11. The number of nitrogens with zero attached hydrogens (tertiary/aromatic N) is 3. The van der Waals surface area contributed by atoms with Gasteiger partial charge in [-0.05, 0) is 44.5 Å². The average Bonchev–Trinajstić information content (AvgIpc) is 2.73. The Bertz CT molecular complexity index is 729. The quantitative estimate of drug-likeness (QED) is 0.202. The van der Waals surface area contributed by atoms with E-state index in [0.717, 1.165) is 25.9 Å². The molecule has 0 unspecified atom stereocenters. The maximum absolute atomic E-state index is 12.4. The SMILES string of the molecule is CCCCCCCCCCCC(=O)NS(=O)(=O)c1ccc(N=NN(CC)CC)cc1. The van der Waals surface area contributed by atoms with Crippen LogP contribution in [0.3, 0.4) is 0 Å². The summed E-state index contributed by atoms with van der Waals surface area (Å²) in [4.78, 5) is 12.1. The van der Waals surface area contributed by atoms with Crippen molar-refractivity contribution >= 4 is 21.6 Å². The predicted octanol–water partition coefficient (Wildman–Crippen LogP) is 5.75. The van der Waals surface area contributed by atoms with Gasteiger partial charge in [0.25, 0.3) is 10.0 Å². The molecule has 8 heteroatoms. The van der Waals surface area contributed by atoms with E-state index in [1.807, 2.05) is 13.8 Å². The Labute approximate surface area is 182 Å². The first kappa shape index (κ1) is 26.1. The minimum atomic E-state index is -3.86. The summed E-state index contributed by atoms with van der Waals surface area (Å²) < 4.78 is 26.9. The summed E-state index contributed by atoms with van der Waals surface area (Å²) in [6.07, 6.45) is 10.5. The van der Waals surface area contributed by atoms with Gasteiger partial charge in [-0.25, -0.2) is 13.1 Å². The Morgan fingerprint density at radius 1 is 0.867 bits per heavy atom. The molecule has 0 radical (unpaired) electrons. The topological polar surface area (TPSA) is 91.2 Å². The summed E-state index contributed by atoms with van der Waals surface area (Å²) in [6, 6.07) is 6.02. The molecule has 0 atom stereocenters. The van der Waals surface area contributed by atoms with Crippen LogP contribution in [0.4, 0.5) is 5.69 Å². The molecule has 30 heavy (non-hydrogen) atoms. The Morgan fingerprint density at radius 3 is 1.93 bits per heavy atom. The zero-order valence-electron chi connectivity index (χ0n) is 18.8. The van der Waals surface area contributed by atoms with E-state index in [4.69, 9.17) is 0 Å². The first-order chi connectivity index (χ1) is 14.4. The summed E-state index contributed by atoms with van der Waals surface area (Å²) in [5.41, 5.74) is 0.557. The highest BCUT2D eigenvalue weighted by Crippen LogP contribution is 2.17. The smallest absolute Gasteiger partial charge is 0.264 e. The molecule has 1 aromatic rings. The maximum Gasteiger partial charge on any atom is 0.264 e. The molecule has 0 heterocycles. The summed E-state index contributed by atoms with van der Waals surface area (Å²) in [7, 11) is -3.86. The summed E-state index contributed by atoms with van der Waals surface area (Å²) in [5, 5.41) is 9.96. The Kier molecular flexibility index (Phi) is 13.0. The van der Waals surface area contributed by atoms with Crippen LogP contribution in [-0.4, -0.2) is 32.4 Å². The average molecular weight is 439 g/mol. The molecule has 0 bridgehead atoms. The first-order valence-corrected chi connectivity index (χ1v) is 12.7. The normalized spacial score (nSPS) is 11.7. The van der Waals surface area contributed by atoms with Gasteiger partial charge in [0.05, 0.1) is 10.6 Å². The van der Waals surface area contributed by atoms with Gasteiger partial charge in [-0.2, -0.15) is 0 Å². The van der Waals surface area contributed by atoms with E-state index < -0.39 is 15.9 Å². The van der Waals surface area contributed by atoms with Gasteiger partial charge in [-0.15, -0.1) is 5.11 Å². The third-order valence-corrected chi connectivity index (χ3v) is 6.31. The molecule has 0 spiro atoms. The molecule has 170 valence electrons. The van der Waals surface area contributed by atoms with E-state index in [9.17, 15) is 13.2 Å². The number of carbonyl (C=O) groups is 1. The first-order valence-electron chi connectivity index (χ1n) is 11.2. The Morgan fingerprint density at radius 2 is 1.40 bits per heavy atom. The summed E-state index contributed by atoms with van der Waals surface area (Å²) in [6.45, 7) is 7.67. The number of hydrogen-bond donors (Lipinski definition) is 1. The van der Waals surface area contributed by atoms with Gasteiger partial charge in [0, 0.05) is 19.5 Å². The molecular weight excluding hydrogens is 400 g/mol. The van der Waals surface area contributed by atoms with Gasteiger partial charge in [0.1, 0.15) is 0 Å². The van der Waals surface area contributed by atoms with Crippen molar-refractivity contribution < 1.29 is 13.2 Å². The van der Waals surface area contributed by atoms with Crippen LogP contribution in [0.15, 0.2) is 39.5 Å². The third kappa shape index (κ3) is 10.7. The van der Waals surface area contributed by atoms with Gasteiger partial charge < -0.3 is 0 Å². The van der Waals surface area contributed by atoms with Crippen LogP contribution in [-0.2, 0) is 14.8 Å². The second kappa shape index (κ2) is 14.9. The lowest BCUT2D eigenvalue weighted by molar-refractivity contribution is -0.119. The molecule has 7 nitrogen and oxygen atoms in total. The number of benzene rings is 1. The number of sulfonamides is 1. The highest BCUT2D eigenvalue weighted by Gasteiger charge is 2.17. The number of amides is 1. The largest absolute Gasteiger partial charge is 0.279 e. The lowest BCUT2D eigenvalue weighted by Crippen LogP contribution is -2.30. The van der Waals surface area contributed by atoms with E-state index in [1.165, 1.54) is 50.7 Å². The maximum atomic E-state index is 12.4. The fourth-order valence-corrected chi connectivity index (χ4v) is 4.03. The van der Waals surface area contributed by atoms with Crippen molar-refractivity contribution in [2.75, 3.05) is 13.1 Å². The number of rotatable bonds is 16. The van der Waals surface area contributed by atoms with Crippen molar-refractivity contribution in [3.05, 3.63) is 24.3 Å². The van der Waals surface area contributed by atoms with Crippen LogP contribution in [0, 0.1) is 0 Å². The molecule has 1 amide bonds. The minimum absolute atomic E-state index is 0.0460. The predicted molar refractivity (Wildman–Crippen MR) is 121 cm³/mol. The number of nitrogens with one attached hydrogen (secondary N) is 1. The number of carbonyl (C=O) groups excluding carboxylic acids is 1. The van der Waals surface area contributed by atoms with Crippen LogP contribution < -0.4 is 4.72 Å². The Balaban J connectivity index is 2.37. The van der Waals surface area contributed by atoms with E-state index in [-0.39, 0.29) is 11.3 Å². The third-order valence-electron chi connectivity index (χ3n) is 4.92. The van der Waals surface area contributed by atoms with Crippen LogP contribution >= 0.6 is 0 Å². The highest BCUT2D eigenvalue weighted by molar-refractivity contribution is 7.90. The molecule has 1 aromatic carbocycles. The molecule has 1 rings (SSSR count). The lowest BCUT2D eigenvalue weighted by atomic mass is 10.1. The minimum Gasteiger partial charge on any atom is -0.279 e. The fraction of sp³-hybridized carbons (Fsp3) is 0.682. The number of unbranched alkanes of at least 4 members (excludes halogenated alkanes) is 8. The fourth-order valence-electron chi connectivity index (χ4n) is 3.01. The standard InChI is InChI=1S/C22H38N4O3S/c1-4-7-8-9-10-11-12-13-14-15-22(27)24-30(28,29)21-18-16-20(17-19-21)23-25-26(5-2)6-3/h16-19H,4-15H2,1-3H3,(H,24,27). The molecule has 0 aromatic heterocycles. The van der Waals surface area contributed by atoms with E-state index in [1.54, 1.807) is 17.1 Å². The van der Waals surface area contributed by atoms with Crippen LogP contribution in [0.25, 0.3) is 0 Å². The summed E-state index contributed by atoms with van der Waals surface area (Å²) >= 11 is 0. The van der Waals surface area contributed by atoms with Crippen molar-refractivity contribution in [3.63, 3.8) is 0 Å². The van der Waals surface area contributed by atoms with Crippen molar-refractivity contribution in [1.29, 1.82) is 0 Å². The van der Waals surface area contributed by atoms with E-state index >= 15 is 0 Å². The molecule has 0 saturated heterocycles. The molecule has 0 aliphatic heterocycles. The highest BCUT2D eigenvalue weighted by atomic mass is 32.2. The second-order valence-electron chi connectivity index (χ2n) is 7.43. The van der Waals surface area contributed by atoms with Crippen LogP contribution in [0.1, 0.15) is 85.0 Å². The van der Waals surface area contributed by atoms with E-state index in [2.05, 4.69) is 22.0 Å². The molecule has 0 fully saturated rings. The molecule has 1 N–H and O–H groups in total. The van der Waals surface area contributed by atoms with Crippen LogP contribution in [0.2, 0.25) is 0 Å².